The molecule has 4 nitrogen and oxygen atoms in total. The summed E-state index contributed by atoms with van der Waals surface area (Å²) in [5.41, 5.74) is -2.60. The number of alkyl halides is 3. The topological polar surface area (TPSA) is 61.4 Å². The zero-order chi connectivity index (χ0) is 15.6. The van der Waals surface area contributed by atoms with Crippen LogP contribution in [-0.2, 0) is 6.18 Å². The van der Waals surface area contributed by atoms with E-state index in [4.69, 9.17) is 5.11 Å². The summed E-state index contributed by atoms with van der Waals surface area (Å²) in [6.07, 6.45) is -4.84. The van der Waals surface area contributed by atoms with Crippen LogP contribution in [0.15, 0.2) is 18.2 Å². The zero-order valence-corrected chi connectivity index (χ0v) is 10.8. The van der Waals surface area contributed by atoms with Crippen molar-refractivity contribution in [2.45, 2.75) is 25.6 Å². The van der Waals surface area contributed by atoms with E-state index in [2.05, 4.69) is 10.6 Å². The summed E-state index contributed by atoms with van der Waals surface area (Å²) in [6, 6.07) is 1.33. The van der Waals surface area contributed by atoms with Gasteiger partial charge in [0.15, 0.2) is 0 Å². The first kappa shape index (κ1) is 16.2. The van der Waals surface area contributed by atoms with Gasteiger partial charge in [-0.15, -0.1) is 0 Å². The van der Waals surface area contributed by atoms with Crippen LogP contribution in [-0.4, -0.2) is 23.3 Å². The Morgan fingerprint density at radius 1 is 1.30 bits per heavy atom. The Morgan fingerprint density at radius 2 is 1.90 bits per heavy atom. The van der Waals surface area contributed by atoms with Gasteiger partial charge in [-0.1, -0.05) is 0 Å². The predicted molar refractivity (Wildman–Crippen MR) is 64.7 cm³/mol. The number of hydrogen-bond acceptors (Lipinski definition) is 2. The van der Waals surface area contributed by atoms with Crippen molar-refractivity contribution in [3.63, 3.8) is 0 Å². The monoisotopic (exact) mass is 294 g/mol. The molecule has 0 fully saturated rings. The van der Waals surface area contributed by atoms with E-state index in [9.17, 15) is 22.4 Å². The molecule has 1 aromatic carbocycles. The molecule has 1 rings (SSSR count). The molecule has 0 radical (unpaired) electrons. The van der Waals surface area contributed by atoms with E-state index in [0.29, 0.717) is 12.1 Å². The maximum absolute atomic E-state index is 13.0. The van der Waals surface area contributed by atoms with Crippen LogP contribution in [0.25, 0.3) is 0 Å². The van der Waals surface area contributed by atoms with E-state index >= 15 is 0 Å². The molecule has 8 heteroatoms. The smallest absolute Gasteiger partial charge is 0.394 e. The Bertz CT molecular complexity index is 501. The van der Waals surface area contributed by atoms with Gasteiger partial charge in [0.1, 0.15) is 5.82 Å². The minimum Gasteiger partial charge on any atom is -0.394 e. The number of nitrogens with one attached hydrogen (secondary N) is 2. The van der Waals surface area contributed by atoms with Gasteiger partial charge >= 0.3 is 12.2 Å². The van der Waals surface area contributed by atoms with Crippen molar-refractivity contribution in [1.29, 1.82) is 0 Å². The number of aliphatic hydroxyl groups is 1. The molecule has 0 spiro atoms. The highest BCUT2D eigenvalue weighted by Crippen LogP contribution is 2.32. The molecule has 1 aromatic rings. The second-order valence-corrected chi connectivity index (χ2v) is 4.81. The van der Waals surface area contributed by atoms with Gasteiger partial charge in [-0.05, 0) is 32.0 Å². The highest BCUT2D eigenvalue weighted by molar-refractivity contribution is 5.89. The van der Waals surface area contributed by atoms with Crippen molar-refractivity contribution >= 4 is 11.7 Å². The van der Waals surface area contributed by atoms with Crippen LogP contribution < -0.4 is 10.6 Å². The minimum absolute atomic E-state index is 0.204. The van der Waals surface area contributed by atoms with E-state index in [1.54, 1.807) is 0 Å². The number of benzene rings is 1. The molecule has 0 aliphatic heterocycles. The number of carbonyl (C=O) groups is 1. The number of amides is 2. The van der Waals surface area contributed by atoms with Crippen LogP contribution in [0.3, 0.4) is 0 Å². The molecule has 20 heavy (non-hydrogen) atoms. The van der Waals surface area contributed by atoms with Crippen molar-refractivity contribution in [1.82, 2.24) is 5.32 Å². The summed E-state index contributed by atoms with van der Waals surface area (Å²) in [6.45, 7) is 2.70. The van der Waals surface area contributed by atoms with Gasteiger partial charge in [-0.25, -0.2) is 9.18 Å². The highest BCUT2D eigenvalue weighted by atomic mass is 19.4. The molecule has 0 saturated heterocycles. The van der Waals surface area contributed by atoms with E-state index < -0.39 is 29.1 Å². The molecule has 0 aliphatic rings. The lowest BCUT2D eigenvalue weighted by Crippen LogP contribution is -2.48. The second-order valence-electron chi connectivity index (χ2n) is 4.81. The summed E-state index contributed by atoms with van der Waals surface area (Å²) in [5.74, 6) is -1.42. The molecular weight excluding hydrogens is 280 g/mol. The first-order valence-corrected chi connectivity index (χ1v) is 5.62. The van der Waals surface area contributed by atoms with Crippen LogP contribution >= 0.6 is 0 Å². The van der Waals surface area contributed by atoms with Gasteiger partial charge in [-0.3, -0.25) is 0 Å². The third-order valence-electron chi connectivity index (χ3n) is 2.38. The predicted octanol–water partition coefficient (Wildman–Crippen LogP) is 2.74. The largest absolute Gasteiger partial charge is 0.419 e. The van der Waals surface area contributed by atoms with Crippen LogP contribution in [0.5, 0.6) is 0 Å². The third kappa shape index (κ3) is 4.37. The number of carbonyl (C=O) groups excluding carboxylic acids is 1. The van der Waals surface area contributed by atoms with Crippen LogP contribution in [0.1, 0.15) is 19.4 Å². The van der Waals surface area contributed by atoms with Gasteiger partial charge in [0.25, 0.3) is 0 Å². The molecule has 0 heterocycles. The van der Waals surface area contributed by atoms with Gasteiger partial charge in [0, 0.05) is 5.69 Å². The summed E-state index contributed by atoms with van der Waals surface area (Å²) in [7, 11) is 0. The molecule has 0 aromatic heterocycles. The first-order chi connectivity index (χ1) is 9.05. The van der Waals surface area contributed by atoms with Crippen molar-refractivity contribution in [2.24, 2.45) is 0 Å². The van der Waals surface area contributed by atoms with E-state index in [1.807, 2.05) is 0 Å². The van der Waals surface area contributed by atoms with Gasteiger partial charge in [0.2, 0.25) is 0 Å². The highest BCUT2D eigenvalue weighted by Gasteiger charge is 2.34. The molecule has 0 unspecified atom stereocenters. The average molecular weight is 294 g/mol. The molecule has 0 aliphatic carbocycles. The Labute approximate surface area is 112 Å². The van der Waals surface area contributed by atoms with Gasteiger partial charge in [0.05, 0.1) is 17.7 Å². The fourth-order valence-electron chi connectivity index (χ4n) is 1.33. The Balaban J connectivity index is 2.87. The van der Waals surface area contributed by atoms with E-state index in [-0.39, 0.29) is 12.3 Å². The lowest BCUT2D eigenvalue weighted by molar-refractivity contribution is -0.139. The van der Waals surface area contributed by atoms with Crippen LogP contribution in [0.4, 0.5) is 28.0 Å². The molecule has 0 atom stereocenters. The Morgan fingerprint density at radius 3 is 2.40 bits per heavy atom. The summed E-state index contributed by atoms with van der Waals surface area (Å²) in [4.78, 5) is 11.5. The van der Waals surface area contributed by atoms with Crippen molar-refractivity contribution in [3.8, 4) is 0 Å². The Kier molecular flexibility index (Phi) is 4.59. The zero-order valence-electron chi connectivity index (χ0n) is 10.8. The first-order valence-electron chi connectivity index (χ1n) is 5.62. The second kappa shape index (κ2) is 5.66. The number of rotatable bonds is 3. The van der Waals surface area contributed by atoms with Crippen molar-refractivity contribution < 1.29 is 27.5 Å². The molecule has 3 N–H and O–H groups in total. The minimum atomic E-state index is -4.84. The van der Waals surface area contributed by atoms with Gasteiger partial charge < -0.3 is 15.7 Å². The summed E-state index contributed by atoms with van der Waals surface area (Å²) >= 11 is 0. The van der Waals surface area contributed by atoms with Crippen LogP contribution in [0.2, 0.25) is 0 Å². The molecular formula is C12H14F4N2O2. The standard InChI is InChI=1S/C12H14F4N2O2/c1-11(2,6-19)18-10(20)17-7-3-4-9(13)8(5-7)12(14,15)16/h3-5,19H,6H2,1-2H3,(H2,17,18,20). The van der Waals surface area contributed by atoms with Gasteiger partial charge in [-0.2, -0.15) is 13.2 Å². The number of aliphatic hydroxyl groups excluding tert-OH is 1. The molecule has 0 saturated carbocycles. The van der Waals surface area contributed by atoms with E-state index in [1.165, 1.54) is 13.8 Å². The third-order valence-corrected chi connectivity index (χ3v) is 2.38. The number of urea groups is 1. The fourth-order valence-corrected chi connectivity index (χ4v) is 1.33. The average Bonchev–Trinajstić information content (AvgIpc) is 2.29. The van der Waals surface area contributed by atoms with Crippen LogP contribution in [0, 0.1) is 5.82 Å². The summed E-state index contributed by atoms with van der Waals surface area (Å²) in [5, 5.41) is 13.5. The number of anilines is 1. The lowest BCUT2D eigenvalue weighted by Gasteiger charge is -2.23. The fraction of sp³-hybridized carbons (Fsp3) is 0.417. The maximum Gasteiger partial charge on any atom is 0.419 e. The normalized spacial score (nSPS) is 12.2. The number of hydrogen-bond donors (Lipinski definition) is 3. The van der Waals surface area contributed by atoms with E-state index in [0.717, 1.165) is 6.07 Å². The SMILES string of the molecule is CC(C)(CO)NC(=O)Nc1ccc(F)c(C(F)(F)F)c1. The lowest BCUT2D eigenvalue weighted by atomic mass is 10.1. The number of halogens is 4. The van der Waals surface area contributed by atoms with Crippen molar-refractivity contribution in [3.05, 3.63) is 29.6 Å². The van der Waals surface area contributed by atoms with Crippen molar-refractivity contribution in [2.75, 3.05) is 11.9 Å². The Hall–Kier alpha value is -1.83. The molecule has 2 amide bonds. The maximum atomic E-state index is 13.0. The molecule has 0 bridgehead atoms. The molecule has 112 valence electrons. The summed E-state index contributed by atoms with van der Waals surface area (Å²) < 4.78 is 50.5. The quantitative estimate of drug-likeness (QED) is 0.751.